The van der Waals surface area contributed by atoms with E-state index in [1.807, 2.05) is 30.3 Å². The van der Waals surface area contributed by atoms with E-state index in [4.69, 9.17) is 5.73 Å². The van der Waals surface area contributed by atoms with Crippen LogP contribution in [0.25, 0.3) is 0 Å². The molecule has 1 aliphatic rings. The number of rotatable bonds is 10. The van der Waals surface area contributed by atoms with Gasteiger partial charge in [0.05, 0.1) is 6.54 Å². The lowest BCUT2D eigenvalue weighted by molar-refractivity contribution is -0.133. The molecule has 5 nitrogen and oxygen atoms in total. The van der Waals surface area contributed by atoms with Crippen LogP contribution < -0.4 is 11.1 Å². The van der Waals surface area contributed by atoms with Gasteiger partial charge >= 0.3 is 0 Å². The molecule has 3 N–H and O–H groups in total. The van der Waals surface area contributed by atoms with E-state index < -0.39 is 0 Å². The van der Waals surface area contributed by atoms with Crippen LogP contribution in [0.5, 0.6) is 0 Å². The molecule has 0 aliphatic heterocycles. The Morgan fingerprint density at radius 3 is 2.56 bits per heavy atom. The lowest BCUT2D eigenvalue weighted by atomic mass is 10.0. The molecule has 1 aromatic rings. The first-order valence-corrected chi connectivity index (χ1v) is 9.47. The van der Waals surface area contributed by atoms with E-state index in [-0.39, 0.29) is 18.4 Å². The summed E-state index contributed by atoms with van der Waals surface area (Å²) in [6, 6.07) is 9.89. The van der Waals surface area contributed by atoms with Crippen LogP contribution in [0, 0.1) is 5.92 Å². The molecular formula is C20H31N3O2. The fourth-order valence-electron chi connectivity index (χ4n) is 3.39. The molecule has 1 saturated carbocycles. The second-order valence-corrected chi connectivity index (χ2v) is 6.91. The molecule has 0 bridgehead atoms. The highest BCUT2D eigenvalue weighted by atomic mass is 16.2. The predicted molar refractivity (Wildman–Crippen MR) is 99.7 cm³/mol. The summed E-state index contributed by atoms with van der Waals surface area (Å²) < 4.78 is 0. The standard InChI is InChI=1S/C20H31N3O2/c21-13-6-14-23(16-18-9-2-1-3-10-18)20(25)15-22-19(24)12-11-17-7-4-5-8-17/h1-3,9-10,17H,4-8,11-16,21H2,(H,22,24). The molecule has 0 spiro atoms. The Kier molecular flexibility index (Phi) is 8.46. The minimum absolute atomic E-state index is 0.0151. The summed E-state index contributed by atoms with van der Waals surface area (Å²) in [5.74, 6) is 0.630. The Bertz CT molecular complexity index is 527. The van der Waals surface area contributed by atoms with Gasteiger partial charge in [0.1, 0.15) is 0 Å². The summed E-state index contributed by atoms with van der Waals surface area (Å²) in [5.41, 5.74) is 6.67. The largest absolute Gasteiger partial charge is 0.347 e. The third-order valence-electron chi connectivity index (χ3n) is 4.89. The van der Waals surface area contributed by atoms with Gasteiger partial charge in [0.15, 0.2) is 0 Å². The first-order chi connectivity index (χ1) is 12.2. The summed E-state index contributed by atoms with van der Waals surface area (Å²) in [4.78, 5) is 26.3. The average Bonchev–Trinajstić information content (AvgIpc) is 3.16. The summed E-state index contributed by atoms with van der Waals surface area (Å²) >= 11 is 0. The van der Waals surface area contributed by atoms with Crippen LogP contribution in [0.4, 0.5) is 0 Å². The molecular weight excluding hydrogens is 314 g/mol. The van der Waals surface area contributed by atoms with Crippen molar-refractivity contribution in [3.8, 4) is 0 Å². The Hall–Kier alpha value is -1.88. The smallest absolute Gasteiger partial charge is 0.242 e. The maximum absolute atomic E-state index is 12.5. The number of carbonyl (C=O) groups excluding carboxylic acids is 2. The minimum Gasteiger partial charge on any atom is -0.347 e. The van der Waals surface area contributed by atoms with Gasteiger partial charge in [0, 0.05) is 19.5 Å². The highest BCUT2D eigenvalue weighted by Crippen LogP contribution is 2.28. The Morgan fingerprint density at radius 1 is 1.16 bits per heavy atom. The molecule has 0 atom stereocenters. The molecule has 5 heteroatoms. The number of nitrogens with zero attached hydrogens (tertiary/aromatic N) is 1. The second kappa shape index (κ2) is 10.9. The van der Waals surface area contributed by atoms with Crippen molar-refractivity contribution >= 4 is 11.8 Å². The zero-order valence-corrected chi connectivity index (χ0v) is 15.1. The molecule has 25 heavy (non-hydrogen) atoms. The fraction of sp³-hybridized carbons (Fsp3) is 0.600. The zero-order chi connectivity index (χ0) is 17.9. The summed E-state index contributed by atoms with van der Waals surface area (Å²) in [7, 11) is 0. The molecule has 2 rings (SSSR count). The first kappa shape index (κ1) is 19.4. The predicted octanol–water partition coefficient (Wildman–Crippen LogP) is 2.45. The van der Waals surface area contributed by atoms with E-state index in [2.05, 4.69) is 5.32 Å². The van der Waals surface area contributed by atoms with E-state index in [1.54, 1.807) is 4.90 Å². The number of nitrogens with one attached hydrogen (secondary N) is 1. The lowest BCUT2D eigenvalue weighted by Crippen LogP contribution is -2.40. The Balaban J connectivity index is 1.76. The van der Waals surface area contributed by atoms with Crippen LogP contribution in [0.3, 0.4) is 0 Å². The van der Waals surface area contributed by atoms with E-state index >= 15 is 0 Å². The van der Waals surface area contributed by atoms with Crippen LogP contribution >= 0.6 is 0 Å². The zero-order valence-electron chi connectivity index (χ0n) is 15.1. The van der Waals surface area contributed by atoms with Crippen molar-refractivity contribution in [3.63, 3.8) is 0 Å². The van der Waals surface area contributed by atoms with Gasteiger partial charge in [-0.2, -0.15) is 0 Å². The number of hydrogen-bond donors (Lipinski definition) is 2. The van der Waals surface area contributed by atoms with Crippen molar-refractivity contribution in [2.75, 3.05) is 19.6 Å². The van der Waals surface area contributed by atoms with Crippen molar-refractivity contribution in [2.45, 2.75) is 51.5 Å². The molecule has 0 radical (unpaired) electrons. The van der Waals surface area contributed by atoms with Gasteiger partial charge in [0.2, 0.25) is 11.8 Å². The van der Waals surface area contributed by atoms with Crippen molar-refractivity contribution in [1.29, 1.82) is 0 Å². The number of amides is 2. The van der Waals surface area contributed by atoms with Crippen LogP contribution in [0.2, 0.25) is 0 Å². The molecule has 1 aromatic carbocycles. The van der Waals surface area contributed by atoms with Gasteiger partial charge in [0.25, 0.3) is 0 Å². The second-order valence-electron chi connectivity index (χ2n) is 6.91. The van der Waals surface area contributed by atoms with Crippen molar-refractivity contribution in [3.05, 3.63) is 35.9 Å². The maximum atomic E-state index is 12.5. The molecule has 0 heterocycles. The summed E-state index contributed by atoms with van der Waals surface area (Å²) in [5, 5.41) is 2.79. The van der Waals surface area contributed by atoms with Crippen LogP contribution in [-0.2, 0) is 16.1 Å². The van der Waals surface area contributed by atoms with Gasteiger partial charge in [-0.05, 0) is 30.9 Å². The van der Waals surface area contributed by atoms with Crippen LogP contribution in [0.15, 0.2) is 30.3 Å². The normalized spacial score (nSPS) is 14.4. The number of hydrogen-bond acceptors (Lipinski definition) is 3. The molecule has 0 unspecified atom stereocenters. The molecule has 1 aliphatic carbocycles. The molecule has 138 valence electrons. The quantitative estimate of drug-likeness (QED) is 0.684. The van der Waals surface area contributed by atoms with Crippen molar-refractivity contribution in [1.82, 2.24) is 10.2 Å². The number of carbonyl (C=O) groups is 2. The van der Waals surface area contributed by atoms with E-state index in [9.17, 15) is 9.59 Å². The molecule has 2 amide bonds. The first-order valence-electron chi connectivity index (χ1n) is 9.47. The van der Waals surface area contributed by atoms with Crippen LogP contribution in [-0.4, -0.2) is 36.3 Å². The minimum atomic E-state index is -0.0495. The van der Waals surface area contributed by atoms with Crippen molar-refractivity contribution < 1.29 is 9.59 Å². The molecule has 0 saturated heterocycles. The van der Waals surface area contributed by atoms with Gasteiger partial charge in [-0.15, -0.1) is 0 Å². The third kappa shape index (κ3) is 7.26. The highest BCUT2D eigenvalue weighted by molar-refractivity contribution is 5.84. The highest BCUT2D eigenvalue weighted by Gasteiger charge is 2.18. The summed E-state index contributed by atoms with van der Waals surface area (Å²) in [6.45, 7) is 1.78. The van der Waals surface area contributed by atoms with Gasteiger partial charge in [-0.1, -0.05) is 56.0 Å². The fourth-order valence-corrected chi connectivity index (χ4v) is 3.39. The molecule has 1 fully saturated rings. The third-order valence-corrected chi connectivity index (χ3v) is 4.89. The Labute approximate surface area is 151 Å². The van der Waals surface area contributed by atoms with Gasteiger partial charge in [-0.3, -0.25) is 9.59 Å². The topological polar surface area (TPSA) is 75.4 Å². The Morgan fingerprint density at radius 2 is 1.88 bits per heavy atom. The van der Waals surface area contributed by atoms with Crippen molar-refractivity contribution in [2.24, 2.45) is 11.7 Å². The monoisotopic (exact) mass is 345 g/mol. The van der Waals surface area contributed by atoms with Gasteiger partial charge < -0.3 is 16.0 Å². The molecule has 0 aromatic heterocycles. The summed E-state index contributed by atoms with van der Waals surface area (Å²) in [6.07, 6.45) is 7.31. The lowest BCUT2D eigenvalue weighted by Gasteiger charge is -2.23. The number of nitrogens with two attached hydrogens (primary N) is 1. The van der Waals surface area contributed by atoms with Crippen LogP contribution in [0.1, 0.15) is 50.5 Å². The van der Waals surface area contributed by atoms with Gasteiger partial charge in [-0.25, -0.2) is 0 Å². The van der Waals surface area contributed by atoms with E-state index in [0.29, 0.717) is 32.0 Å². The van der Waals surface area contributed by atoms with E-state index in [0.717, 1.165) is 18.4 Å². The number of benzene rings is 1. The average molecular weight is 345 g/mol. The van der Waals surface area contributed by atoms with E-state index in [1.165, 1.54) is 25.7 Å². The maximum Gasteiger partial charge on any atom is 0.242 e. The SMILES string of the molecule is NCCCN(Cc1ccccc1)C(=O)CNC(=O)CCC1CCCC1.